The molecule has 2 aromatic rings. The molecule has 24 heavy (non-hydrogen) atoms. The van der Waals surface area contributed by atoms with Crippen molar-refractivity contribution in [2.45, 2.75) is 0 Å². The fourth-order valence-electron chi connectivity index (χ4n) is 2.00. The lowest BCUT2D eigenvalue weighted by atomic mass is 10.1. The second-order valence-corrected chi connectivity index (χ2v) is 4.69. The number of carbonyl (C=O) groups excluding carboxylic acids is 2. The summed E-state index contributed by atoms with van der Waals surface area (Å²) < 4.78 is 15.5. The number of amides is 1. The molecule has 0 saturated heterocycles. The van der Waals surface area contributed by atoms with Crippen LogP contribution >= 0.6 is 0 Å². The van der Waals surface area contributed by atoms with E-state index in [1.54, 1.807) is 24.3 Å². The van der Waals surface area contributed by atoms with Gasteiger partial charge in [0.2, 0.25) is 0 Å². The van der Waals surface area contributed by atoms with Crippen LogP contribution < -0.4 is 24.6 Å². The number of rotatable bonds is 7. The average molecular weight is 330 g/mol. The van der Waals surface area contributed by atoms with Crippen molar-refractivity contribution in [3.8, 4) is 17.2 Å². The van der Waals surface area contributed by atoms with Crippen LogP contribution in [0.25, 0.3) is 0 Å². The van der Waals surface area contributed by atoms with Gasteiger partial charge in [0.25, 0.3) is 5.91 Å². The zero-order valence-corrected chi connectivity index (χ0v) is 13.2. The van der Waals surface area contributed by atoms with Crippen molar-refractivity contribution in [1.29, 1.82) is 0 Å². The highest BCUT2D eigenvalue weighted by Gasteiger charge is 2.14. The number of ether oxygens (including phenoxy) is 3. The quantitative estimate of drug-likeness (QED) is 0.816. The Balaban J connectivity index is 2.15. The fourth-order valence-corrected chi connectivity index (χ4v) is 2.00. The lowest BCUT2D eigenvalue weighted by Gasteiger charge is -2.16. The van der Waals surface area contributed by atoms with Gasteiger partial charge in [-0.25, -0.2) is 0 Å². The standard InChI is InChI=1S/C17H17NO6/c1-22-14-8-12(17(20)21)13(9-15(14)23-2)18-16(19)10-24-11-6-4-3-5-7-11/h3-9H,10H2,1-2H3,(H,18,19)(H,20,21)/p-1. The number of carboxylic acid groups (broad SMARTS) is 1. The number of carbonyl (C=O) groups is 2. The minimum Gasteiger partial charge on any atom is -0.545 e. The van der Waals surface area contributed by atoms with Crippen LogP contribution in [0.5, 0.6) is 17.2 Å². The zero-order chi connectivity index (χ0) is 17.5. The van der Waals surface area contributed by atoms with Crippen LogP contribution in [0.2, 0.25) is 0 Å². The van der Waals surface area contributed by atoms with E-state index in [0.717, 1.165) is 0 Å². The first kappa shape index (κ1) is 17.1. The van der Waals surface area contributed by atoms with Gasteiger partial charge in [-0.15, -0.1) is 0 Å². The smallest absolute Gasteiger partial charge is 0.262 e. The van der Waals surface area contributed by atoms with E-state index in [1.807, 2.05) is 6.07 Å². The molecule has 0 spiro atoms. The van der Waals surface area contributed by atoms with E-state index in [1.165, 1.54) is 26.4 Å². The van der Waals surface area contributed by atoms with E-state index in [2.05, 4.69) is 5.32 Å². The molecule has 0 radical (unpaired) electrons. The molecule has 0 aliphatic rings. The summed E-state index contributed by atoms with van der Waals surface area (Å²) in [5.74, 6) is -0.944. The third-order valence-electron chi connectivity index (χ3n) is 3.13. The summed E-state index contributed by atoms with van der Waals surface area (Å²) in [5.41, 5.74) is -0.185. The van der Waals surface area contributed by atoms with Crippen molar-refractivity contribution >= 4 is 17.6 Å². The normalized spacial score (nSPS) is 9.92. The third-order valence-corrected chi connectivity index (χ3v) is 3.13. The molecule has 0 fully saturated rings. The fraction of sp³-hybridized carbons (Fsp3) is 0.176. The van der Waals surface area contributed by atoms with Crippen molar-refractivity contribution in [3.63, 3.8) is 0 Å². The Labute approximate surface area is 138 Å². The summed E-state index contributed by atoms with van der Waals surface area (Å²) in [4.78, 5) is 23.3. The molecule has 126 valence electrons. The van der Waals surface area contributed by atoms with Gasteiger partial charge < -0.3 is 29.4 Å². The van der Waals surface area contributed by atoms with Crippen LogP contribution in [0.4, 0.5) is 5.69 Å². The molecular formula is C17H16NO6-. The van der Waals surface area contributed by atoms with Crippen LogP contribution in [0.15, 0.2) is 42.5 Å². The lowest BCUT2D eigenvalue weighted by Crippen LogP contribution is -2.26. The van der Waals surface area contributed by atoms with Crippen molar-refractivity contribution < 1.29 is 28.9 Å². The van der Waals surface area contributed by atoms with Crippen LogP contribution in [-0.2, 0) is 4.79 Å². The first-order valence-corrected chi connectivity index (χ1v) is 7.00. The number of methoxy groups -OCH3 is 2. The Morgan fingerprint density at radius 2 is 1.67 bits per heavy atom. The molecule has 1 N–H and O–H groups in total. The molecule has 2 rings (SSSR count). The van der Waals surface area contributed by atoms with Crippen molar-refractivity contribution in [2.24, 2.45) is 0 Å². The second kappa shape index (κ2) is 7.87. The van der Waals surface area contributed by atoms with Gasteiger partial charge in [-0.05, 0) is 18.2 Å². The van der Waals surface area contributed by atoms with Crippen molar-refractivity contribution in [1.82, 2.24) is 0 Å². The highest BCUT2D eigenvalue weighted by atomic mass is 16.5. The first-order valence-electron chi connectivity index (χ1n) is 7.00. The number of anilines is 1. The van der Waals surface area contributed by atoms with Gasteiger partial charge >= 0.3 is 0 Å². The Bertz CT molecular complexity index is 729. The maximum atomic E-state index is 12.0. The predicted octanol–water partition coefficient (Wildman–Crippen LogP) is 1.08. The molecule has 0 bridgehead atoms. The Hall–Kier alpha value is -3.22. The number of para-hydroxylation sites is 1. The Morgan fingerprint density at radius 3 is 2.25 bits per heavy atom. The zero-order valence-electron chi connectivity index (χ0n) is 13.2. The van der Waals surface area contributed by atoms with Crippen LogP contribution in [0.1, 0.15) is 10.4 Å². The van der Waals surface area contributed by atoms with E-state index in [4.69, 9.17) is 14.2 Å². The summed E-state index contributed by atoms with van der Waals surface area (Å²) in [6.45, 7) is -0.273. The Morgan fingerprint density at radius 1 is 1.04 bits per heavy atom. The van der Waals surface area contributed by atoms with Gasteiger partial charge in [-0.2, -0.15) is 0 Å². The summed E-state index contributed by atoms with van der Waals surface area (Å²) in [5, 5.41) is 13.7. The largest absolute Gasteiger partial charge is 0.545 e. The van der Waals surface area contributed by atoms with Gasteiger partial charge in [-0.1, -0.05) is 18.2 Å². The molecule has 0 atom stereocenters. The summed E-state index contributed by atoms with van der Waals surface area (Å²) >= 11 is 0. The van der Waals surface area contributed by atoms with E-state index in [0.29, 0.717) is 5.75 Å². The Kier molecular flexibility index (Phi) is 5.62. The lowest BCUT2D eigenvalue weighted by molar-refractivity contribution is -0.254. The predicted molar refractivity (Wildman–Crippen MR) is 84.4 cm³/mol. The van der Waals surface area contributed by atoms with Crippen LogP contribution in [0.3, 0.4) is 0 Å². The van der Waals surface area contributed by atoms with Gasteiger partial charge in [0.1, 0.15) is 5.75 Å². The summed E-state index contributed by atoms with van der Waals surface area (Å²) in [7, 11) is 2.78. The minimum absolute atomic E-state index is 0.0364. The SMILES string of the molecule is COc1cc(NC(=O)COc2ccccc2)c(C(=O)[O-])cc1OC. The van der Waals surface area contributed by atoms with E-state index in [-0.39, 0.29) is 29.4 Å². The second-order valence-electron chi connectivity index (χ2n) is 4.69. The van der Waals surface area contributed by atoms with Crippen LogP contribution in [0, 0.1) is 0 Å². The molecule has 2 aromatic carbocycles. The molecular weight excluding hydrogens is 314 g/mol. The van der Waals surface area contributed by atoms with E-state index in [9.17, 15) is 14.7 Å². The molecule has 7 nitrogen and oxygen atoms in total. The van der Waals surface area contributed by atoms with Crippen molar-refractivity contribution in [3.05, 3.63) is 48.0 Å². The number of benzene rings is 2. The van der Waals surface area contributed by atoms with E-state index >= 15 is 0 Å². The highest BCUT2D eigenvalue weighted by Crippen LogP contribution is 2.33. The molecule has 0 aliphatic carbocycles. The molecule has 0 saturated carbocycles. The monoisotopic (exact) mass is 330 g/mol. The molecule has 7 heteroatoms. The maximum absolute atomic E-state index is 12.0. The number of aromatic carboxylic acids is 1. The van der Waals surface area contributed by atoms with Gasteiger partial charge in [-0.3, -0.25) is 4.79 Å². The van der Waals surface area contributed by atoms with E-state index < -0.39 is 11.9 Å². The first-order chi connectivity index (χ1) is 11.5. The maximum Gasteiger partial charge on any atom is 0.262 e. The van der Waals surface area contributed by atoms with Gasteiger partial charge in [0.05, 0.1) is 25.9 Å². The third kappa shape index (κ3) is 4.16. The number of hydrogen-bond donors (Lipinski definition) is 1. The minimum atomic E-state index is -1.45. The van der Waals surface area contributed by atoms with Gasteiger partial charge in [0, 0.05) is 11.6 Å². The molecule has 0 aliphatic heterocycles. The average Bonchev–Trinajstić information content (AvgIpc) is 2.60. The summed E-state index contributed by atoms with van der Waals surface area (Å²) in [6, 6.07) is 11.4. The molecule has 1 amide bonds. The number of nitrogens with one attached hydrogen (secondary N) is 1. The topological polar surface area (TPSA) is 96.9 Å². The summed E-state index contributed by atoms with van der Waals surface area (Å²) in [6.07, 6.45) is 0. The molecule has 0 heterocycles. The molecule has 0 aromatic heterocycles. The highest BCUT2D eigenvalue weighted by molar-refractivity contribution is 6.01. The number of hydrogen-bond acceptors (Lipinski definition) is 6. The van der Waals surface area contributed by atoms with Crippen LogP contribution in [-0.4, -0.2) is 32.7 Å². The number of carboxylic acids is 1. The van der Waals surface area contributed by atoms with Gasteiger partial charge in [0.15, 0.2) is 18.1 Å². The van der Waals surface area contributed by atoms with Crippen molar-refractivity contribution in [2.75, 3.05) is 26.1 Å². The molecule has 0 unspecified atom stereocenters.